The van der Waals surface area contributed by atoms with E-state index in [1.54, 1.807) is 18.0 Å². The lowest BCUT2D eigenvalue weighted by Crippen LogP contribution is -2.28. The summed E-state index contributed by atoms with van der Waals surface area (Å²) in [4.78, 5) is 16.4. The summed E-state index contributed by atoms with van der Waals surface area (Å²) in [5.74, 6) is 0.955. The molecule has 0 bridgehead atoms. The first-order valence-electron chi connectivity index (χ1n) is 6.90. The van der Waals surface area contributed by atoms with Crippen molar-refractivity contribution in [2.75, 3.05) is 12.3 Å². The lowest BCUT2D eigenvalue weighted by atomic mass is 10.1. The van der Waals surface area contributed by atoms with Crippen LogP contribution in [0, 0.1) is 0 Å². The van der Waals surface area contributed by atoms with Crippen LogP contribution in [0.5, 0.6) is 0 Å². The summed E-state index contributed by atoms with van der Waals surface area (Å²) >= 11 is 1.62. The van der Waals surface area contributed by atoms with Crippen LogP contribution in [-0.4, -0.2) is 27.6 Å². The van der Waals surface area contributed by atoms with Crippen molar-refractivity contribution in [1.29, 1.82) is 0 Å². The largest absolute Gasteiger partial charge is 0.387 e. The predicted molar refractivity (Wildman–Crippen MR) is 87.2 cm³/mol. The molecule has 0 saturated carbocycles. The van der Waals surface area contributed by atoms with E-state index in [4.69, 9.17) is 0 Å². The second kappa shape index (κ2) is 5.77. The summed E-state index contributed by atoms with van der Waals surface area (Å²) in [5, 5.41) is 4.21. The maximum absolute atomic E-state index is 11.7. The van der Waals surface area contributed by atoms with Crippen molar-refractivity contribution < 1.29 is 4.79 Å². The van der Waals surface area contributed by atoms with Gasteiger partial charge in [-0.25, -0.2) is 4.98 Å². The summed E-state index contributed by atoms with van der Waals surface area (Å²) in [6, 6.07) is 7.99. The summed E-state index contributed by atoms with van der Waals surface area (Å²) in [6.45, 7) is 6.48. The smallest absolute Gasteiger partial charge is 0.173 e. The van der Waals surface area contributed by atoms with Crippen LogP contribution in [0.3, 0.4) is 0 Å². The van der Waals surface area contributed by atoms with Gasteiger partial charge in [0, 0.05) is 36.2 Å². The van der Waals surface area contributed by atoms with Crippen molar-refractivity contribution >= 4 is 34.8 Å². The minimum Gasteiger partial charge on any atom is -0.387 e. The standard InChI is InChI=1S/C16H17N3OS/c1-3-19-14-7-5-4-6-12(14)18-16(19)21-10-13-11(2)15(20)8-9-17-13/h3-7,17H,1,8-10H2,2H3. The lowest BCUT2D eigenvalue weighted by molar-refractivity contribution is -0.115. The van der Waals surface area contributed by atoms with Gasteiger partial charge in [0.05, 0.1) is 11.0 Å². The predicted octanol–water partition coefficient (Wildman–Crippen LogP) is 3.07. The van der Waals surface area contributed by atoms with Gasteiger partial charge in [0.15, 0.2) is 10.9 Å². The van der Waals surface area contributed by atoms with Gasteiger partial charge in [0.1, 0.15) is 0 Å². The van der Waals surface area contributed by atoms with Gasteiger partial charge >= 0.3 is 0 Å². The van der Waals surface area contributed by atoms with E-state index in [-0.39, 0.29) is 5.78 Å². The van der Waals surface area contributed by atoms with Crippen LogP contribution in [0.15, 0.2) is 47.3 Å². The highest BCUT2D eigenvalue weighted by molar-refractivity contribution is 7.99. The van der Waals surface area contributed by atoms with Crippen molar-refractivity contribution in [3.8, 4) is 0 Å². The van der Waals surface area contributed by atoms with Crippen LogP contribution in [0.4, 0.5) is 0 Å². The zero-order valence-electron chi connectivity index (χ0n) is 11.9. The molecule has 1 aromatic carbocycles. The highest BCUT2D eigenvalue weighted by atomic mass is 32.2. The molecule has 0 amide bonds. The highest BCUT2D eigenvalue weighted by Gasteiger charge is 2.17. The number of hydrogen-bond donors (Lipinski definition) is 1. The van der Waals surface area contributed by atoms with E-state index >= 15 is 0 Å². The Morgan fingerprint density at radius 1 is 1.48 bits per heavy atom. The summed E-state index contributed by atoms with van der Waals surface area (Å²) in [5.41, 5.74) is 3.86. The third kappa shape index (κ3) is 2.61. The quantitative estimate of drug-likeness (QED) is 0.881. The monoisotopic (exact) mass is 299 g/mol. The van der Waals surface area contributed by atoms with E-state index in [0.29, 0.717) is 12.2 Å². The molecular weight excluding hydrogens is 282 g/mol. The van der Waals surface area contributed by atoms with Gasteiger partial charge in [-0.15, -0.1) is 0 Å². The molecular formula is C16H17N3OS. The number of carbonyl (C=O) groups excluding carboxylic acids is 1. The Bertz CT molecular complexity index is 745. The summed E-state index contributed by atoms with van der Waals surface area (Å²) in [7, 11) is 0. The maximum Gasteiger partial charge on any atom is 0.173 e. The minimum absolute atomic E-state index is 0.238. The van der Waals surface area contributed by atoms with E-state index < -0.39 is 0 Å². The van der Waals surface area contributed by atoms with Gasteiger partial charge in [-0.3, -0.25) is 9.36 Å². The number of aromatic nitrogens is 2. The second-order valence-electron chi connectivity index (χ2n) is 4.93. The van der Waals surface area contributed by atoms with Gasteiger partial charge in [0.25, 0.3) is 0 Å². The Labute approximate surface area is 127 Å². The van der Waals surface area contributed by atoms with Gasteiger partial charge < -0.3 is 5.32 Å². The van der Waals surface area contributed by atoms with Gasteiger partial charge in [0.2, 0.25) is 0 Å². The number of allylic oxidation sites excluding steroid dienone is 1. The molecule has 1 N–H and O–H groups in total. The molecule has 0 aliphatic carbocycles. The number of carbonyl (C=O) groups is 1. The molecule has 0 atom stereocenters. The van der Waals surface area contributed by atoms with E-state index in [1.165, 1.54) is 0 Å². The third-order valence-corrected chi connectivity index (χ3v) is 4.63. The third-order valence-electron chi connectivity index (χ3n) is 3.65. The molecule has 1 aromatic heterocycles. The average Bonchev–Trinajstić information content (AvgIpc) is 2.86. The number of Topliss-reactive ketones (excluding diaryl/α,β-unsaturated/α-hetero) is 1. The molecule has 2 heterocycles. The van der Waals surface area contributed by atoms with Crippen LogP contribution in [0.2, 0.25) is 0 Å². The van der Waals surface area contributed by atoms with Crippen LogP contribution in [0.1, 0.15) is 13.3 Å². The van der Waals surface area contributed by atoms with Crippen LogP contribution >= 0.6 is 11.8 Å². The summed E-state index contributed by atoms with van der Waals surface area (Å²) in [6.07, 6.45) is 2.36. The van der Waals surface area contributed by atoms with Crippen LogP contribution in [0.25, 0.3) is 17.2 Å². The number of thioether (sulfide) groups is 1. The Kier molecular flexibility index (Phi) is 3.84. The van der Waals surface area contributed by atoms with Crippen LogP contribution in [-0.2, 0) is 4.79 Å². The first-order chi connectivity index (χ1) is 10.2. The Hall–Kier alpha value is -2.01. The van der Waals surface area contributed by atoms with Crippen molar-refractivity contribution in [1.82, 2.24) is 14.9 Å². The molecule has 0 saturated heterocycles. The summed E-state index contributed by atoms with van der Waals surface area (Å²) < 4.78 is 1.99. The number of ketones is 1. The van der Waals surface area contributed by atoms with E-state index in [9.17, 15) is 4.79 Å². The van der Waals surface area contributed by atoms with Gasteiger partial charge in [-0.2, -0.15) is 0 Å². The van der Waals surface area contributed by atoms with Gasteiger partial charge in [-0.1, -0.05) is 30.5 Å². The molecule has 0 unspecified atom stereocenters. The zero-order chi connectivity index (χ0) is 14.8. The van der Waals surface area contributed by atoms with E-state index in [0.717, 1.165) is 34.0 Å². The molecule has 108 valence electrons. The first-order valence-corrected chi connectivity index (χ1v) is 7.88. The topological polar surface area (TPSA) is 46.9 Å². The molecule has 4 nitrogen and oxygen atoms in total. The molecule has 0 fully saturated rings. The molecule has 1 aliphatic rings. The Morgan fingerprint density at radius 2 is 2.29 bits per heavy atom. The maximum atomic E-state index is 11.7. The van der Waals surface area contributed by atoms with Crippen molar-refractivity contribution in [2.24, 2.45) is 0 Å². The second-order valence-corrected chi connectivity index (χ2v) is 5.87. The molecule has 3 rings (SSSR count). The number of fused-ring (bicyclic) bond motifs is 1. The molecule has 0 spiro atoms. The van der Waals surface area contributed by atoms with E-state index in [2.05, 4.69) is 16.9 Å². The van der Waals surface area contributed by atoms with Crippen LogP contribution < -0.4 is 5.32 Å². The highest BCUT2D eigenvalue weighted by Crippen LogP contribution is 2.26. The molecule has 2 aromatic rings. The Morgan fingerprint density at radius 3 is 3.10 bits per heavy atom. The molecule has 1 aliphatic heterocycles. The number of rotatable bonds is 4. The van der Waals surface area contributed by atoms with E-state index in [1.807, 2.05) is 35.8 Å². The SMILES string of the molecule is C=Cn1c(SCC2=C(C)C(=O)CCN2)nc2ccccc21. The molecule has 21 heavy (non-hydrogen) atoms. The Balaban J connectivity index is 1.87. The molecule has 0 radical (unpaired) electrons. The zero-order valence-corrected chi connectivity index (χ0v) is 12.7. The van der Waals surface area contributed by atoms with Crippen molar-refractivity contribution in [2.45, 2.75) is 18.5 Å². The number of imidazole rings is 1. The fourth-order valence-corrected chi connectivity index (χ4v) is 3.48. The fraction of sp³-hybridized carbons (Fsp3) is 0.250. The minimum atomic E-state index is 0.238. The number of benzene rings is 1. The average molecular weight is 299 g/mol. The van der Waals surface area contributed by atoms with Crippen molar-refractivity contribution in [3.05, 3.63) is 42.1 Å². The number of hydrogen-bond acceptors (Lipinski definition) is 4. The first kappa shape index (κ1) is 13.9. The fourth-order valence-electron chi connectivity index (χ4n) is 2.41. The lowest BCUT2D eigenvalue weighted by Gasteiger charge is -2.18. The van der Waals surface area contributed by atoms with Crippen molar-refractivity contribution in [3.63, 3.8) is 0 Å². The number of nitrogens with zero attached hydrogens (tertiary/aromatic N) is 2. The molecule has 5 heteroatoms. The van der Waals surface area contributed by atoms with Gasteiger partial charge in [-0.05, 0) is 19.1 Å². The number of nitrogens with one attached hydrogen (secondary N) is 1. The number of para-hydroxylation sites is 2. The normalized spacial score (nSPS) is 15.4.